The van der Waals surface area contributed by atoms with Crippen molar-refractivity contribution in [3.05, 3.63) is 66.1 Å². The fourth-order valence-electron chi connectivity index (χ4n) is 2.05. The first-order valence-electron chi connectivity index (χ1n) is 7.43. The summed E-state index contributed by atoms with van der Waals surface area (Å²) in [5.41, 5.74) is 1.92. The number of hydrogen-bond donors (Lipinski definition) is 0. The zero-order valence-corrected chi connectivity index (χ0v) is 13.1. The largest absolute Gasteiger partial charge is 0.482 e. The lowest BCUT2D eigenvalue weighted by molar-refractivity contribution is -0.148. The van der Waals surface area contributed by atoms with Crippen LogP contribution in [0.25, 0.3) is 11.5 Å². The van der Waals surface area contributed by atoms with Crippen LogP contribution >= 0.6 is 0 Å². The minimum Gasteiger partial charge on any atom is -0.482 e. The maximum Gasteiger partial charge on any atom is 0.344 e. The topological polar surface area (TPSA) is 74.5 Å². The van der Waals surface area contributed by atoms with Gasteiger partial charge < -0.3 is 13.9 Å². The third kappa shape index (κ3) is 4.19. The van der Waals surface area contributed by atoms with Gasteiger partial charge in [-0.05, 0) is 31.2 Å². The summed E-state index contributed by atoms with van der Waals surface area (Å²) in [6, 6.07) is 16.8. The molecular formula is C18H16N2O4. The SMILES string of the molecule is Cc1cccc(-c2nnc(COC(=O)COc3ccccc3)o2)c1. The molecule has 122 valence electrons. The third-order valence-corrected chi connectivity index (χ3v) is 3.19. The molecule has 24 heavy (non-hydrogen) atoms. The van der Waals surface area contributed by atoms with Crippen molar-refractivity contribution < 1.29 is 18.7 Å². The van der Waals surface area contributed by atoms with Crippen molar-refractivity contribution in [2.24, 2.45) is 0 Å². The van der Waals surface area contributed by atoms with E-state index in [2.05, 4.69) is 10.2 Å². The Morgan fingerprint density at radius 3 is 2.71 bits per heavy atom. The molecule has 0 radical (unpaired) electrons. The Hall–Kier alpha value is -3.15. The number of ether oxygens (including phenoxy) is 2. The van der Waals surface area contributed by atoms with Gasteiger partial charge in [0.2, 0.25) is 5.89 Å². The first-order valence-corrected chi connectivity index (χ1v) is 7.43. The highest BCUT2D eigenvalue weighted by Crippen LogP contribution is 2.19. The van der Waals surface area contributed by atoms with Crippen molar-refractivity contribution in [1.29, 1.82) is 0 Å². The van der Waals surface area contributed by atoms with Gasteiger partial charge in [-0.3, -0.25) is 0 Å². The number of esters is 1. The lowest BCUT2D eigenvalue weighted by atomic mass is 10.1. The van der Waals surface area contributed by atoms with Crippen LogP contribution < -0.4 is 4.74 Å². The van der Waals surface area contributed by atoms with Crippen LogP contribution in [0.15, 0.2) is 59.0 Å². The average molecular weight is 324 g/mol. The van der Waals surface area contributed by atoms with E-state index >= 15 is 0 Å². The van der Waals surface area contributed by atoms with E-state index in [4.69, 9.17) is 13.9 Å². The highest BCUT2D eigenvalue weighted by atomic mass is 16.6. The molecule has 0 aliphatic carbocycles. The summed E-state index contributed by atoms with van der Waals surface area (Å²) in [7, 11) is 0. The van der Waals surface area contributed by atoms with E-state index in [0.29, 0.717) is 11.6 Å². The quantitative estimate of drug-likeness (QED) is 0.648. The number of benzene rings is 2. The second-order valence-electron chi connectivity index (χ2n) is 5.13. The number of carbonyl (C=O) groups excluding carboxylic acids is 1. The molecule has 0 spiro atoms. The zero-order valence-electron chi connectivity index (χ0n) is 13.1. The molecule has 0 fully saturated rings. The number of aryl methyl sites for hydroxylation is 1. The monoisotopic (exact) mass is 324 g/mol. The van der Waals surface area contributed by atoms with E-state index in [1.54, 1.807) is 12.1 Å². The highest BCUT2D eigenvalue weighted by molar-refractivity contribution is 5.71. The lowest BCUT2D eigenvalue weighted by Gasteiger charge is -2.05. The number of para-hydroxylation sites is 1. The van der Waals surface area contributed by atoms with Crippen molar-refractivity contribution in [1.82, 2.24) is 10.2 Å². The van der Waals surface area contributed by atoms with Crippen LogP contribution in [-0.2, 0) is 16.1 Å². The summed E-state index contributed by atoms with van der Waals surface area (Å²) >= 11 is 0. The van der Waals surface area contributed by atoms with Crippen LogP contribution in [0, 0.1) is 6.92 Å². The van der Waals surface area contributed by atoms with E-state index in [-0.39, 0.29) is 19.1 Å². The number of hydrogen-bond acceptors (Lipinski definition) is 6. The van der Waals surface area contributed by atoms with Crippen LogP contribution in [0.5, 0.6) is 5.75 Å². The molecule has 0 aliphatic rings. The Kier molecular flexibility index (Phi) is 4.86. The number of aromatic nitrogens is 2. The number of nitrogens with zero attached hydrogens (tertiary/aromatic N) is 2. The minimum atomic E-state index is -0.505. The summed E-state index contributed by atoms with van der Waals surface area (Å²) in [5, 5.41) is 7.84. The summed E-state index contributed by atoms with van der Waals surface area (Å²) < 4.78 is 15.9. The number of rotatable bonds is 6. The molecule has 0 saturated carbocycles. The molecule has 6 nitrogen and oxygen atoms in total. The van der Waals surface area contributed by atoms with E-state index in [0.717, 1.165) is 11.1 Å². The maximum absolute atomic E-state index is 11.7. The molecule has 0 aliphatic heterocycles. The summed E-state index contributed by atoms with van der Waals surface area (Å²) in [6.45, 7) is 1.72. The van der Waals surface area contributed by atoms with Crippen LogP contribution in [0.2, 0.25) is 0 Å². The van der Waals surface area contributed by atoms with Gasteiger partial charge >= 0.3 is 5.97 Å². The minimum absolute atomic E-state index is 0.0875. The molecule has 0 atom stereocenters. The van der Waals surface area contributed by atoms with Gasteiger partial charge in [-0.15, -0.1) is 10.2 Å². The zero-order chi connectivity index (χ0) is 16.8. The Morgan fingerprint density at radius 1 is 1.08 bits per heavy atom. The van der Waals surface area contributed by atoms with E-state index in [9.17, 15) is 4.79 Å². The normalized spacial score (nSPS) is 10.4. The molecule has 1 aromatic heterocycles. The van der Waals surface area contributed by atoms with Crippen molar-refractivity contribution in [3.8, 4) is 17.2 Å². The van der Waals surface area contributed by atoms with Crippen LogP contribution in [0.3, 0.4) is 0 Å². The molecule has 0 amide bonds. The average Bonchev–Trinajstić information content (AvgIpc) is 3.08. The molecule has 0 saturated heterocycles. The molecule has 3 aromatic rings. The smallest absolute Gasteiger partial charge is 0.344 e. The first kappa shape index (κ1) is 15.7. The summed E-state index contributed by atoms with van der Waals surface area (Å²) in [5.74, 6) is 0.730. The van der Waals surface area contributed by atoms with Crippen molar-refractivity contribution in [3.63, 3.8) is 0 Å². The fraction of sp³-hybridized carbons (Fsp3) is 0.167. The van der Waals surface area contributed by atoms with Crippen molar-refractivity contribution in [2.75, 3.05) is 6.61 Å². The molecule has 0 unspecified atom stereocenters. The van der Waals surface area contributed by atoms with Gasteiger partial charge in [0, 0.05) is 5.56 Å². The third-order valence-electron chi connectivity index (χ3n) is 3.19. The molecule has 0 N–H and O–H groups in total. The summed E-state index contributed by atoms with van der Waals surface area (Å²) in [4.78, 5) is 11.7. The predicted octanol–water partition coefficient (Wildman–Crippen LogP) is 3.17. The van der Waals surface area contributed by atoms with Gasteiger partial charge in [-0.25, -0.2) is 4.79 Å². The second kappa shape index (κ2) is 7.41. The van der Waals surface area contributed by atoms with E-state index in [1.165, 1.54) is 0 Å². The predicted molar refractivity (Wildman–Crippen MR) is 86.2 cm³/mol. The van der Waals surface area contributed by atoms with Crippen molar-refractivity contribution >= 4 is 5.97 Å². The Bertz CT molecular complexity index is 815. The highest BCUT2D eigenvalue weighted by Gasteiger charge is 2.11. The molecular weight excluding hydrogens is 308 g/mol. The molecule has 0 bridgehead atoms. The summed E-state index contributed by atoms with van der Waals surface area (Å²) in [6.07, 6.45) is 0. The van der Waals surface area contributed by atoms with Gasteiger partial charge in [-0.2, -0.15) is 0 Å². The van der Waals surface area contributed by atoms with Gasteiger partial charge in [0.15, 0.2) is 13.2 Å². The van der Waals surface area contributed by atoms with Gasteiger partial charge in [0.1, 0.15) is 5.75 Å². The van der Waals surface area contributed by atoms with Crippen LogP contribution in [0.4, 0.5) is 0 Å². The van der Waals surface area contributed by atoms with Gasteiger partial charge in [0.25, 0.3) is 5.89 Å². The Morgan fingerprint density at radius 2 is 1.92 bits per heavy atom. The lowest BCUT2D eigenvalue weighted by Crippen LogP contribution is -2.14. The van der Waals surface area contributed by atoms with Gasteiger partial charge in [-0.1, -0.05) is 35.9 Å². The fourth-order valence-corrected chi connectivity index (χ4v) is 2.05. The maximum atomic E-state index is 11.7. The number of carbonyl (C=O) groups is 1. The standard InChI is InChI=1S/C18H16N2O4/c1-13-6-5-7-14(10-13)18-20-19-16(24-18)11-23-17(21)12-22-15-8-3-2-4-9-15/h2-10H,11-12H2,1H3. The molecule has 2 aromatic carbocycles. The Labute approximate surface area is 139 Å². The Balaban J connectivity index is 1.51. The first-order chi connectivity index (χ1) is 11.7. The van der Waals surface area contributed by atoms with Crippen LogP contribution in [-0.4, -0.2) is 22.8 Å². The van der Waals surface area contributed by atoms with Crippen LogP contribution in [0.1, 0.15) is 11.5 Å². The second-order valence-corrected chi connectivity index (χ2v) is 5.13. The van der Waals surface area contributed by atoms with E-state index in [1.807, 2.05) is 49.4 Å². The molecule has 1 heterocycles. The molecule has 6 heteroatoms. The van der Waals surface area contributed by atoms with Gasteiger partial charge in [0.05, 0.1) is 0 Å². The van der Waals surface area contributed by atoms with E-state index < -0.39 is 5.97 Å². The van der Waals surface area contributed by atoms with Crippen molar-refractivity contribution in [2.45, 2.75) is 13.5 Å². The molecule has 3 rings (SSSR count).